The van der Waals surface area contributed by atoms with Gasteiger partial charge in [-0.15, -0.1) is 11.3 Å². The van der Waals surface area contributed by atoms with E-state index in [1.165, 1.54) is 90.9 Å². The Morgan fingerprint density at radius 3 is 1.90 bits per heavy atom. The first kappa shape index (κ1) is 30.2. The summed E-state index contributed by atoms with van der Waals surface area (Å²) in [7, 11) is 0. The summed E-state index contributed by atoms with van der Waals surface area (Å²) in [6.45, 7) is 0. The Balaban J connectivity index is 1.10. The maximum absolute atomic E-state index is 6.85. The van der Waals surface area contributed by atoms with Gasteiger partial charge in [-0.05, 0) is 95.1 Å². The zero-order valence-corrected chi connectivity index (χ0v) is 29.2. The molecular formula is C48H37NOS. The van der Waals surface area contributed by atoms with Crippen LogP contribution in [0.3, 0.4) is 0 Å². The number of thiophene rings is 1. The minimum Gasteiger partial charge on any atom is -0.454 e. The molecule has 7 aromatic carbocycles. The lowest BCUT2D eigenvalue weighted by Crippen LogP contribution is -2.10. The number of hydrogen-bond acceptors (Lipinski definition) is 3. The molecule has 1 saturated carbocycles. The molecule has 0 N–H and O–H groups in total. The number of fused-ring (bicyclic) bond motifs is 6. The molecule has 0 unspecified atom stereocenters. The van der Waals surface area contributed by atoms with Crippen molar-refractivity contribution in [2.45, 2.75) is 38.0 Å². The van der Waals surface area contributed by atoms with Crippen molar-refractivity contribution in [2.24, 2.45) is 0 Å². The Kier molecular flexibility index (Phi) is 7.46. The van der Waals surface area contributed by atoms with Crippen LogP contribution in [0.2, 0.25) is 0 Å². The lowest BCUT2D eigenvalue weighted by atomic mass is 9.82. The highest BCUT2D eigenvalue weighted by Crippen LogP contribution is 2.46. The average Bonchev–Trinajstić information content (AvgIpc) is 3.78. The number of hydrogen-bond donors (Lipinski definition) is 0. The molecule has 246 valence electrons. The summed E-state index contributed by atoms with van der Waals surface area (Å²) in [6.07, 6.45) is 6.48. The van der Waals surface area contributed by atoms with E-state index in [0.29, 0.717) is 5.92 Å². The summed E-state index contributed by atoms with van der Waals surface area (Å²) in [4.78, 5) is 2.36. The van der Waals surface area contributed by atoms with E-state index in [9.17, 15) is 0 Å². The van der Waals surface area contributed by atoms with Gasteiger partial charge in [-0.1, -0.05) is 128 Å². The zero-order valence-electron chi connectivity index (χ0n) is 28.4. The van der Waals surface area contributed by atoms with Crippen molar-refractivity contribution < 1.29 is 4.42 Å². The standard InChI is InChI=1S/C48H37NOS/c1-3-11-32(12-4-1)33-21-26-37(27-22-33)49(38-28-23-34(24-29-38)36-25-30-41-40-15-7-8-20-45(40)51-46(41)31-36)43-18-9-17-42-47-39(35-13-5-2-6-14-35)16-10-19-44(47)50-48(42)43/h1,3-4,7-12,15-31,35H,2,5-6,13-14H2. The molecule has 3 heteroatoms. The van der Waals surface area contributed by atoms with Gasteiger partial charge in [0.2, 0.25) is 0 Å². The molecule has 0 spiro atoms. The molecule has 2 heterocycles. The fraction of sp³-hybridized carbons (Fsp3) is 0.125. The van der Waals surface area contributed by atoms with Gasteiger partial charge < -0.3 is 9.32 Å². The second-order valence-electron chi connectivity index (χ2n) is 13.9. The molecule has 1 aliphatic rings. The van der Waals surface area contributed by atoms with Crippen LogP contribution < -0.4 is 4.90 Å². The number of rotatable bonds is 6. The number of benzene rings is 7. The Hall–Kier alpha value is -5.64. The second kappa shape index (κ2) is 12.6. The number of anilines is 3. The van der Waals surface area contributed by atoms with Gasteiger partial charge in [-0.25, -0.2) is 0 Å². The van der Waals surface area contributed by atoms with Gasteiger partial charge in [0.1, 0.15) is 5.58 Å². The predicted molar refractivity (Wildman–Crippen MR) is 218 cm³/mol. The first-order valence-corrected chi connectivity index (χ1v) is 19.0. The highest BCUT2D eigenvalue weighted by Gasteiger charge is 2.24. The maximum atomic E-state index is 6.85. The molecule has 0 aliphatic heterocycles. The highest BCUT2D eigenvalue weighted by atomic mass is 32.1. The van der Waals surface area contributed by atoms with Crippen LogP contribution in [0.25, 0.3) is 64.4 Å². The lowest BCUT2D eigenvalue weighted by molar-refractivity contribution is 0.445. The first-order chi connectivity index (χ1) is 25.3. The van der Waals surface area contributed by atoms with Crippen molar-refractivity contribution in [3.8, 4) is 22.3 Å². The summed E-state index contributed by atoms with van der Waals surface area (Å²) in [5, 5.41) is 5.14. The molecule has 0 amide bonds. The van der Waals surface area contributed by atoms with Crippen LogP contribution in [0.4, 0.5) is 17.1 Å². The van der Waals surface area contributed by atoms with Gasteiger partial charge in [-0.3, -0.25) is 0 Å². The Labute approximate surface area is 302 Å². The molecule has 0 atom stereocenters. The number of para-hydroxylation sites is 1. The summed E-state index contributed by atoms with van der Waals surface area (Å²) in [6, 6.07) is 57.5. The van der Waals surface area contributed by atoms with Crippen LogP contribution in [0.1, 0.15) is 43.6 Å². The van der Waals surface area contributed by atoms with Gasteiger partial charge in [-0.2, -0.15) is 0 Å². The van der Waals surface area contributed by atoms with Gasteiger partial charge in [0.25, 0.3) is 0 Å². The van der Waals surface area contributed by atoms with Crippen molar-refractivity contribution >= 4 is 70.5 Å². The molecule has 1 fully saturated rings. The molecule has 2 nitrogen and oxygen atoms in total. The number of furan rings is 1. The monoisotopic (exact) mass is 675 g/mol. The third-order valence-electron chi connectivity index (χ3n) is 10.9. The van der Waals surface area contributed by atoms with Crippen LogP contribution >= 0.6 is 11.3 Å². The van der Waals surface area contributed by atoms with Crippen LogP contribution in [-0.4, -0.2) is 0 Å². The Morgan fingerprint density at radius 2 is 1.12 bits per heavy atom. The SMILES string of the molecule is c1ccc(-c2ccc(N(c3ccc(-c4ccc5c(c4)sc4ccccc45)cc3)c3cccc4c3oc3cccc(C5CCCCC5)c34)cc2)cc1. The van der Waals surface area contributed by atoms with E-state index in [4.69, 9.17) is 4.42 Å². The largest absolute Gasteiger partial charge is 0.454 e. The summed E-state index contributed by atoms with van der Waals surface area (Å²) in [5.41, 5.74) is 11.4. The van der Waals surface area contributed by atoms with Crippen molar-refractivity contribution in [1.29, 1.82) is 0 Å². The lowest BCUT2D eigenvalue weighted by Gasteiger charge is -2.26. The van der Waals surface area contributed by atoms with Gasteiger partial charge in [0.15, 0.2) is 5.58 Å². The van der Waals surface area contributed by atoms with E-state index in [1.54, 1.807) is 0 Å². The van der Waals surface area contributed by atoms with Crippen LogP contribution in [0, 0.1) is 0 Å². The van der Waals surface area contributed by atoms with Gasteiger partial charge in [0, 0.05) is 42.3 Å². The van der Waals surface area contributed by atoms with Gasteiger partial charge in [0.05, 0.1) is 5.69 Å². The minimum atomic E-state index is 0.591. The van der Waals surface area contributed by atoms with E-state index < -0.39 is 0 Å². The van der Waals surface area contributed by atoms with Crippen LogP contribution in [-0.2, 0) is 0 Å². The quantitative estimate of drug-likeness (QED) is 0.174. The number of nitrogens with zero attached hydrogens (tertiary/aromatic N) is 1. The van der Waals surface area contributed by atoms with Crippen molar-refractivity contribution in [1.82, 2.24) is 0 Å². The van der Waals surface area contributed by atoms with E-state index in [-0.39, 0.29) is 0 Å². The van der Waals surface area contributed by atoms with Crippen molar-refractivity contribution in [3.63, 3.8) is 0 Å². The highest BCUT2D eigenvalue weighted by molar-refractivity contribution is 7.25. The fourth-order valence-corrected chi connectivity index (χ4v) is 9.50. The Bertz CT molecular complexity index is 2660. The first-order valence-electron chi connectivity index (χ1n) is 18.2. The molecule has 51 heavy (non-hydrogen) atoms. The molecule has 0 radical (unpaired) electrons. The molecule has 2 aromatic heterocycles. The zero-order chi connectivity index (χ0) is 33.7. The third kappa shape index (κ3) is 5.32. The second-order valence-corrected chi connectivity index (χ2v) is 15.0. The predicted octanol–water partition coefficient (Wildman–Crippen LogP) is 14.8. The van der Waals surface area contributed by atoms with E-state index in [2.05, 4.69) is 163 Å². The summed E-state index contributed by atoms with van der Waals surface area (Å²) >= 11 is 1.87. The van der Waals surface area contributed by atoms with E-state index in [0.717, 1.165) is 28.2 Å². The molecule has 10 rings (SSSR count). The van der Waals surface area contributed by atoms with Gasteiger partial charge >= 0.3 is 0 Å². The third-order valence-corrected chi connectivity index (χ3v) is 12.0. The van der Waals surface area contributed by atoms with Crippen molar-refractivity contribution in [3.05, 3.63) is 163 Å². The molecular weight excluding hydrogens is 639 g/mol. The average molecular weight is 676 g/mol. The van der Waals surface area contributed by atoms with E-state index >= 15 is 0 Å². The summed E-state index contributed by atoms with van der Waals surface area (Å²) < 4.78 is 9.50. The maximum Gasteiger partial charge on any atom is 0.159 e. The molecule has 0 saturated heterocycles. The molecule has 9 aromatic rings. The summed E-state index contributed by atoms with van der Waals surface area (Å²) in [5.74, 6) is 0.591. The molecule has 0 bridgehead atoms. The Morgan fingerprint density at radius 1 is 0.490 bits per heavy atom. The smallest absolute Gasteiger partial charge is 0.159 e. The fourth-order valence-electron chi connectivity index (χ4n) is 8.36. The normalized spacial score (nSPS) is 13.8. The van der Waals surface area contributed by atoms with Crippen LogP contribution in [0.5, 0.6) is 0 Å². The van der Waals surface area contributed by atoms with Crippen molar-refractivity contribution in [2.75, 3.05) is 4.90 Å². The minimum absolute atomic E-state index is 0.591. The molecule has 1 aliphatic carbocycles. The topological polar surface area (TPSA) is 16.4 Å². The van der Waals surface area contributed by atoms with E-state index in [1.807, 2.05) is 11.3 Å². The van der Waals surface area contributed by atoms with Crippen LogP contribution in [0.15, 0.2) is 162 Å².